The molecule has 0 saturated heterocycles. The third-order valence-electron chi connectivity index (χ3n) is 2.78. The van der Waals surface area contributed by atoms with Crippen LogP contribution in [0.15, 0.2) is 0 Å². The molecule has 0 aromatic rings. The fraction of sp³-hybridized carbons (Fsp3) is 1.00. The Balaban J connectivity index is 1.76. The standard InChI is InChI=1S/C13H27NO2/c1-3-9-15-10-11-16-12(2)5-4-8-14-13-6-7-13/h12-14H,3-11H2,1-2H3. The predicted molar refractivity (Wildman–Crippen MR) is 66.8 cm³/mol. The summed E-state index contributed by atoms with van der Waals surface area (Å²) in [4.78, 5) is 0. The lowest BCUT2D eigenvalue weighted by molar-refractivity contribution is 0.00875. The van der Waals surface area contributed by atoms with E-state index in [-0.39, 0.29) is 0 Å². The third-order valence-corrected chi connectivity index (χ3v) is 2.78. The minimum Gasteiger partial charge on any atom is -0.379 e. The van der Waals surface area contributed by atoms with Gasteiger partial charge in [0.15, 0.2) is 0 Å². The van der Waals surface area contributed by atoms with Gasteiger partial charge in [-0.05, 0) is 45.6 Å². The average molecular weight is 229 g/mol. The molecule has 96 valence electrons. The van der Waals surface area contributed by atoms with Crippen molar-refractivity contribution in [3.05, 3.63) is 0 Å². The summed E-state index contributed by atoms with van der Waals surface area (Å²) in [6, 6.07) is 0.832. The molecule has 0 aromatic carbocycles. The number of nitrogens with one attached hydrogen (secondary N) is 1. The van der Waals surface area contributed by atoms with Gasteiger partial charge in [-0.2, -0.15) is 0 Å². The Kier molecular flexibility index (Phi) is 7.81. The molecule has 1 N–H and O–H groups in total. The maximum atomic E-state index is 5.66. The first-order chi connectivity index (χ1) is 7.83. The summed E-state index contributed by atoms with van der Waals surface area (Å²) in [5, 5.41) is 3.52. The average Bonchev–Trinajstić information content (AvgIpc) is 3.08. The molecular weight excluding hydrogens is 202 g/mol. The third kappa shape index (κ3) is 8.08. The lowest BCUT2D eigenvalue weighted by atomic mass is 10.2. The monoisotopic (exact) mass is 229 g/mol. The van der Waals surface area contributed by atoms with E-state index in [1.54, 1.807) is 0 Å². The molecule has 1 fully saturated rings. The molecule has 1 rings (SSSR count). The van der Waals surface area contributed by atoms with Crippen molar-refractivity contribution in [2.75, 3.05) is 26.4 Å². The number of rotatable bonds is 11. The summed E-state index contributed by atoms with van der Waals surface area (Å²) in [6.07, 6.45) is 6.57. The smallest absolute Gasteiger partial charge is 0.0704 e. The first kappa shape index (κ1) is 13.9. The summed E-state index contributed by atoms with van der Waals surface area (Å²) in [5.41, 5.74) is 0. The van der Waals surface area contributed by atoms with E-state index in [9.17, 15) is 0 Å². The molecule has 1 aliphatic rings. The van der Waals surface area contributed by atoms with E-state index in [0.717, 1.165) is 45.2 Å². The molecule has 1 atom stereocenters. The zero-order chi connectivity index (χ0) is 11.6. The molecule has 1 aliphatic carbocycles. The van der Waals surface area contributed by atoms with Gasteiger partial charge in [-0.1, -0.05) is 6.92 Å². The summed E-state index contributed by atoms with van der Waals surface area (Å²) >= 11 is 0. The Morgan fingerprint density at radius 3 is 2.75 bits per heavy atom. The van der Waals surface area contributed by atoms with Gasteiger partial charge in [-0.15, -0.1) is 0 Å². The Bertz CT molecular complexity index is 160. The van der Waals surface area contributed by atoms with Crippen molar-refractivity contribution >= 4 is 0 Å². The number of hydrogen-bond donors (Lipinski definition) is 1. The van der Waals surface area contributed by atoms with Crippen molar-refractivity contribution in [1.29, 1.82) is 0 Å². The van der Waals surface area contributed by atoms with Crippen LogP contribution < -0.4 is 5.32 Å². The van der Waals surface area contributed by atoms with Gasteiger partial charge >= 0.3 is 0 Å². The van der Waals surface area contributed by atoms with Crippen LogP contribution in [-0.2, 0) is 9.47 Å². The maximum absolute atomic E-state index is 5.66. The van der Waals surface area contributed by atoms with Gasteiger partial charge < -0.3 is 14.8 Å². The Morgan fingerprint density at radius 2 is 2.06 bits per heavy atom. The summed E-state index contributed by atoms with van der Waals surface area (Å²) < 4.78 is 11.0. The van der Waals surface area contributed by atoms with Gasteiger partial charge in [0.1, 0.15) is 0 Å². The summed E-state index contributed by atoms with van der Waals surface area (Å²) in [6.45, 7) is 7.73. The molecule has 0 aliphatic heterocycles. The zero-order valence-electron chi connectivity index (χ0n) is 10.8. The van der Waals surface area contributed by atoms with Crippen LogP contribution in [0.4, 0.5) is 0 Å². The van der Waals surface area contributed by atoms with E-state index in [2.05, 4.69) is 19.2 Å². The molecular formula is C13H27NO2. The molecule has 0 amide bonds. The van der Waals surface area contributed by atoms with Gasteiger partial charge in [0.25, 0.3) is 0 Å². The molecule has 0 aromatic heterocycles. The van der Waals surface area contributed by atoms with Crippen molar-refractivity contribution in [3.63, 3.8) is 0 Å². The van der Waals surface area contributed by atoms with Gasteiger partial charge in [0, 0.05) is 12.6 Å². The normalized spacial score (nSPS) is 17.6. The Morgan fingerprint density at radius 1 is 1.25 bits per heavy atom. The summed E-state index contributed by atoms with van der Waals surface area (Å²) in [5.74, 6) is 0. The fourth-order valence-corrected chi connectivity index (χ4v) is 1.62. The molecule has 0 radical (unpaired) electrons. The van der Waals surface area contributed by atoms with Gasteiger partial charge in [-0.25, -0.2) is 0 Å². The molecule has 16 heavy (non-hydrogen) atoms. The van der Waals surface area contributed by atoms with Gasteiger partial charge in [0.2, 0.25) is 0 Å². The highest BCUT2D eigenvalue weighted by Crippen LogP contribution is 2.18. The SMILES string of the molecule is CCCOCCOC(C)CCCNC1CC1. The van der Waals surface area contributed by atoms with Gasteiger partial charge in [-0.3, -0.25) is 0 Å². The van der Waals surface area contributed by atoms with E-state index in [1.807, 2.05) is 0 Å². The molecule has 1 saturated carbocycles. The van der Waals surface area contributed by atoms with Crippen LogP contribution >= 0.6 is 0 Å². The topological polar surface area (TPSA) is 30.5 Å². The van der Waals surface area contributed by atoms with Crippen LogP contribution in [0.5, 0.6) is 0 Å². The van der Waals surface area contributed by atoms with Crippen LogP contribution in [0, 0.1) is 0 Å². The van der Waals surface area contributed by atoms with Crippen molar-refractivity contribution in [3.8, 4) is 0 Å². The molecule has 3 nitrogen and oxygen atoms in total. The first-order valence-corrected chi connectivity index (χ1v) is 6.75. The highest BCUT2D eigenvalue weighted by atomic mass is 16.5. The minimum absolute atomic E-state index is 0.367. The fourth-order valence-electron chi connectivity index (χ4n) is 1.62. The second-order valence-electron chi connectivity index (χ2n) is 4.66. The predicted octanol–water partition coefficient (Wildman–Crippen LogP) is 2.35. The lowest BCUT2D eigenvalue weighted by Gasteiger charge is -2.13. The molecule has 0 spiro atoms. The van der Waals surface area contributed by atoms with Crippen LogP contribution in [-0.4, -0.2) is 38.5 Å². The zero-order valence-corrected chi connectivity index (χ0v) is 10.8. The molecule has 0 heterocycles. The van der Waals surface area contributed by atoms with Crippen LogP contribution in [0.2, 0.25) is 0 Å². The number of ether oxygens (including phenoxy) is 2. The highest BCUT2D eigenvalue weighted by Gasteiger charge is 2.19. The lowest BCUT2D eigenvalue weighted by Crippen LogP contribution is -2.20. The van der Waals surface area contributed by atoms with Crippen molar-refractivity contribution in [1.82, 2.24) is 5.32 Å². The molecule has 3 heteroatoms. The minimum atomic E-state index is 0.367. The van der Waals surface area contributed by atoms with Crippen LogP contribution in [0.25, 0.3) is 0 Å². The molecule has 0 bridgehead atoms. The quantitative estimate of drug-likeness (QED) is 0.552. The van der Waals surface area contributed by atoms with E-state index in [0.29, 0.717) is 6.10 Å². The summed E-state index contributed by atoms with van der Waals surface area (Å²) in [7, 11) is 0. The van der Waals surface area contributed by atoms with Crippen molar-refractivity contribution in [2.24, 2.45) is 0 Å². The Hall–Kier alpha value is -0.120. The van der Waals surface area contributed by atoms with E-state index < -0.39 is 0 Å². The van der Waals surface area contributed by atoms with Crippen molar-refractivity contribution < 1.29 is 9.47 Å². The second-order valence-corrected chi connectivity index (χ2v) is 4.66. The van der Waals surface area contributed by atoms with Crippen LogP contribution in [0.1, 0.15) is 46.0 Å². The first-order valence-electron chi connectivity index (χ1n) is 6.75. The van der Waals surface area contributed by atoms with E-state index in [4.69, 9.17) is 9.47 Å². The second kappa shape index (κ2) is 8.97. The van der Waals surface area contributed by atoms with Crippen LogP contribution in [0.3, 0.4) is 0 Å². The van der Waals surface area contributed by atoms with Crippen molar-refractivity contribution in [2.45, 2.75) is 58.1 Å². The highest BCUT2D eigenvalue weighted by molar-refractivity contribution is 4.80. The number of hydrogen-bond acceptors (Lipinski definition) is 3. The largest absolute Gasteiger partial charge is 0.379 e. The molecule has 1 unspecified atom stereocenters. The van der Waals surface area contributed by atoms with Gasteiger partial charge in [0.05, 0.1) is 19.3 Å². The maximum Gasteiger partial charge on any atom is 0.0704 e. The van der Waals surface area contributed by atoms with E-state index >= 15 is 0 Å². The van der Waals surface area contributed by atoms with E-state index in [1.165, 1.54) is 19.3 Å². The Labute approximate surface area is 99.9 Å².